The number of hydrogen-bond donors (Lipinski definition) is 2. The summed E-state index contributed by atoms with van der Waals surface area (Å²) in [5.41, 5.74) is 2.03. The fourth-order valence-electron chi connectivity index (χ4n) is 1.84. The molecule has 6 nitrogen and oxygen atoms in total. The maximum atomic E-state index is 9.55. The van der Waals surface area contributed by atoms with Gasteiger partial charge in [-0.15, -0.1) is 0 Å². The SMILES string of the molecule is O=C(O)C=CC(=O)O.c1ccc(-c2ncc3ccccc3n2)cc1. The van der Waals surface area contributed by atoms with E-state index in [2.05, 4.69) is 9.97 Å². The average Bonchev–Trinajstić information content (AvgIpc) is 2.61. The van der Waals surface area contributed by atoms with Crippen LogP contribution < -0.4 is 0 Å². The van der Waals surface area contributed by atoms with Crippen molar-refractivity contribution in [3.05, 3.63) is 72.9 Å². The maximum absolute atomic E-state index is 9.55. The molecule has 0 aliphatic heterocycles. The quantitative estimate of drug-likeness (QED) is 0.719. The first-order valence-corrected chi connectivity index (χ1v) is 6.97. The maximum Gasteiger partial charge on any atom is 0.328 e. The number of aromatic nitrogens is 2. The van der Waals surface area contributed by atoms with Gasteiger partial charge < -0.3 is 10.2 Å². The van der Waals surface area contributed by atoms with Gasteiger partial charge in [-0.1, -0.05) is 48.5 Å². The molecular formula is C18H14N2O4. The van der Waals surface area contributed by atoms with Gasteiger partial charge in [0.25, 0.3) is 0 Å². The molecule has 0 saturated carbocycles. The number of para-hydroxylation sites is 1. The summed E-state index contributed by atoms with van der Waals surface area (Å²) in [5, 5.41) is 16.7. The van der Waals surface area contributed by atoms with Crippen LogP contribution in [0.4, 0.5) is 0 Å². The second kappa shape index (κ2) is 8.19. The lowest BCUT2D eigenvalue weighted by atomic mass is 10.2. The van der Waals surface area contributed by atoms with Gasteiger partial charge in [-0.05, 0) is 6.07 Å². The van der Waals surface area contributed by atoms with Crippen LogP contribution in [0.25, 0.3) is 22.3 Å². The lowest BCUT2D eigenvalue weighted by Crippen LogP contribution is -1.91. The number of carboxylic acids is 2. The third-order valence-corrected chi connectivity index (χ3v) is 2.89. The van der Waals surface area contributed by atoms with E-state index in [1.54, 1.807) is 0 Å². The van der Waals surface area contributed by atoms with Gasteiger partial charge in [0.05, 0.1) is 5.52 Å². The van der Waals surface area contributed by atoms with Crippen molar-refractivity contribution >= 4 is 22.8 Å². The number of rotatable bonds is 3. The molecule has 1 aromatic heterocycles. The molecule has 2 aromatic carbocycles. The molecule has 2 N–H and O–H groups in total. The molecule has 0 unspecified atom stereocenters. The molecule has 0 bridgehead atoms. The predicted molar refractivity (Wildman–Crippen MR) is 89.4 cm³/mol. The highest BCUT2D eigenvalue weighted by Crippen LogP contribution is 2.17. The van der Waals surface area contributed by atoms with Crippen molar-refractivity contribution in [2.75, 3.05) is 0 Å². The lowest BCUT2D eigenvalue weighted by Gasteiger charge is -2.01. The highest BCUT2D eigenvalue weighted by molar-refractivity contribution is 5.89. The van der Waals surface area contributed by atoms with Crippen LogP contribution in [-0.4, -0.2) is 32.1 Å². The molecule has 24 heavy (non-hydrogen) atoms. The van der Waals surface area contributed by atoms with Crippen LogP contribution in [0.3, 0.4) is 0 Å². The molecule has 0 saturated heterocycles. The van der Waals surface area contributed by atoms with E-state index in [0.717, 1.165) is 22.3 Å². The molecule has 3 aromatic rings. The number of fused-ring (bicyclic) bond motifs is 1. The van der Waals surface area contributed by atoms with Crippen molar-refractivity contribution in [2.24, 2.45) is 0 Å². The predicted octanol–water partition coefficient (Wildman–Crippen LogP) is 3.01. The Morgan fingerprint density at radius 3 is 2.04 bits per heavy atom. The summed E-state index contributed by atoms with van der Waals surface area (Å²) in [4.78, 5) is 28.0. The minimum absolute atomic E-state index is 0.558. The lowest BCUT2D eigenvalue weighted by molar-refractivity contribution is -0.134. The van der Waals surface area contributed by atoms with E-state index in [9.17, 15) is 9.59 Å². The third-order valence-electron chi connectivity index (χ3n) is 2.89. The summed E-state index contributed by atoms with van der Waals surface area (Å²) in [6.45, 7) is 0. The standard InChI is InChI=1S/C14H10N2.C4H4O4/c1-2-6-11(7-3-1)14-15-10-12-8-4-5-9-13(12)16-14;5-3(6)1-2-4(7)8/h1-10H;1-2H,(H,5,6)(H,7,8). The molecule has 0 atom stereocenters. The summed E-state index contributed by atoms with van der Waals surface area (Å²) >= 11 is 0. The van der Waals surface area contributed by atoms with Crippen LogP contribution in [0.2, 0.25) is 0 Å². The molecular weight excluding hydrogens is 308 g/mol. The van der Waals surface area contributed by atoms with Crippen molar-refractivity contribution in [1.29, 1.82) is 0 Å². The summed E-state index contributed by atoms with van der Waals surface area (Å²) in [6.07, 6.45) is 2.98. The van der Waals surface area contributed by atoms with Gasteiger partial charge >= 0.3 is 11.9 Å². The Morgan fingerprint density at radius 1 is 0.833 bits per heavy atom. The second-order valence-electron chi connectivity index (χ2n) is 4.63. The molecule has 0 fully saturated rings. The average molecular weight is 322 g/mol. The van der Waals surface area contributed by atoms with Crippen LogP contribution >= 0.6 is 0 Å². The number of aliphatic carboxylic acids is 2. The Labute approximate surface area is 137 Å². The normalized spacial score (nSPS) is 10.2. The molecule has 120 valence electrons. The van der Waals surface area contributed by atoms with Gasteiger partial charge in [-0.3, -0.25) is 0 Å². The minimum Gasteiger partial charge on any atom is -0.478 e. The van der Waals surface area contributed by atoms with Crippen LogP contribution in [0, 0.1) is 0 Å². The van der Waals surface area contributed by atoms with E-state index in [-0.39, 0.29) is 0 Å². The molecule has 0 amide bonds. The van der Waals surface area contributed by atoms with Crippen molar-refractivity contribution in [3.8, 4) is 11.4 Å². The van der Waals surface area contributed by atoms with Gasteiger partial charge in [0.15, 0.2) is 5.82 Å². The second-order valence-corrected chi connectivity index (χ2v) is 4.63. The fourth-order valence-corrected chi connectivity index (χ4v) is 1.84. The zero-order valence-electron chi connectivity index (χ0n) is 12.5. The van der Waals surface area contributed by atoms with Gasteiger partial charge in [0.1, 0.15) is 0 Å². The van der Waals surface area contributed by atoms with Crippen molar-refractivity contribution in [1.82, 2.24) is 9.97 Å². The fraction of sp³-hybridized carbons (Fsp3) is 0. The molecule has 0 radical (unpaired) electrons. The van der Waals surface area contributed by atoms with Crippen LogP contribution in [0.5, 0.6) is 0 Å². The minimum atomic E-state index is -1.26. The first kappa shape index (κ1) is 16.8. The Hall–Kier alpha value is -3.54. The number of nitrogens with zero attached hydrogens (tertiary/aromatic N) is 2. The Morgan fingerprint density at radius 2 is 1.42 bits per heavy atom. The zero-order chi connectivity index (χ0) is 17.4. The van der Waals surface area contributed by atoms with Gasteiger partial charge in [0, 0.05) is 29.3 Å². The van der Waals surface area contributed by atoms with Crippen molar-refractivity contribution in [2.45, 2.75) is 0 Å². The van der Waals surface area contributed by atoms with E-state index < -0.39 is 11.9 Å². The monoisotopic (exact) mass is 322 g/mol. The summed E-state index contributed by atoms with van der Waals surface area (Å²) in [5.74, 6) is -1.74. The largest absolute Gasteiger partial charge is 0.478 e. The van der Waals surface area contributed by atoms with E-state index in [0.29, 0.717) is 12.2 Å². The van der Waals surface area contributed by atoms with Gasteiger partial charge in [-0.2, -0.15) is 0 Å². The molecule has 1 heterocycles. The van der Waals surface area contributed by atoms with Gasteiger partial charge in [0.2, 0.25) is 0 Å². The summed E-state index contributed by atoms with van der Waals surface area (Å²) in [6, 6.07) is 18.0. The third kappa shape index (κ3) is 5.03. The Balaban J connectivity index is 0.000000224. The van der Waals surface area contributed by atoms with Crippen LogP contribution in [-0.2, 0) is 9.59 Å². The first-order chi connectivity index (χ1) is 11.6. The summed E-state index contributed by atoms with van der Waals surface area (Å²) < 4.78 is 0. The van der Waals surface area contributed by atoms with E-state index in [1.165, 1.54) is 0 Å². The van der Waals surface area contributed by atoms with Crippen molar-refractivity contribution < 1.29 is 19.8 Å². The van der Waals surface area contributed by atoms with Crippen molar-refractivity contribution in [3.63, 3.8) is 0 Å². The summed E-state index contributed by atoms with van der Waals surface area (Å²) in [7, 11) is 0. The Kier molecular flexibility index (Phi) is 5.74. The van der Waals surface area contributed by atoms with E-state index in [4.69, 9.17) is 10.2 Å². The number of carboxylic acid groups (broad SMARTS) is 2. The molecule has 0 spiro atoms. The van der Waals surface area contributed by atoms with E-state index in [1.807, 2.05) is 60.8 Å². The number of benzene rings is 2. The first-order valence-electron chi connectivity index (χ1n) is 6.97. The molecule has 0 aliphatic rings. The topological polar surface area (TPSA) is 100 Å². The van der Waals surface area contributed by atoms with Crippen LogP contribution in [0.15, 0.2) is 72.9 Å². The van der Waals surface area contributed by atoms with Crippen LogP contribution in [0.1, 0.15) is 0 Å². The molecule has 3 rings (SSSR count). The highest BCUT2D eigenvalue weighted by atomic mass is 16.4. The highest BCUT2D eigenvalue weighted by Gasteiger charge is 2.01. The number of hydrogen-bond acceptors (Lipinski definition) is 4. The number of carbonyl (C=O) groups is 2. The van der Waals surface area contributed by atoms with Gasteiger partial charge in [-0.25, -0.2) is 19.6 Å². The Bertz CT molecular complexity index is 860. The smallest absolute Gasteiger partial charge is 0.328 e. The van der Waals surface area contributed by atoms with E-state index >= 15 is 0 Å². The molecule has 6 heteroatoms. The molecule has 0 aliphatic carbocycles. The zero-order valence-corrected chi connectivity index (χ0v) is 12.5.